The van der Waals surface area contributed by atoms with Crippen molar-refractivity contribution in [2.75, 3.05) is 7.11 Å². The standard InChI is InChI=1S/C21H30O5/c1-4-5-6-17-16(14-7-8-15(13-14)20(24)25)9-10-18(22)21(17,2)12-11-19(23)26-3/h4,11-12,14-17H,1,5-10,13H2,2-3H3,(H,24,25)/b12-11+/t14?,15-,16?,17?,21+/m0/s1. The highest BCUT2D eigenvalue weighted by molar-refractivity contribution is 5.90. The number of carbonyl (C=O) groups is 3. The van der Waals surface area contributed by atoms with E-state index in [1.54, 1.807) is 6.08 Å². The molecule has 0 radical (unpaired) electrons. The summed E-state index contributed by atoms with van der Waals surface area (Å²) in [4.78, 5) is 35.7. The highest BCUT2D eigenvalue weighted by atomic mass is 16.5. The fourth-order valence-electron chi connectivity index (χ4n) is 4.95. The molecule has 5 atom stereocenters. The van der Waals surface area contributed by atoms with E-state index in [9.17, 15) is 19.5 Å². The lowest BCUT2D eigenvalue weighted by atomic mass is 9.57. The molecule has 2 fully saturated rings. The van der Waals surface area contributed by atoms with Gasteiger partial charge in [-0.2, -0.15) is 0 Å². The average Bonchev–Trinajstić information content (AvgIpc) is 3.11. The van der Waals surface area contributed by atoms with Gasteiger partial charge in [0.25, 0.3) is 0 Å². The van der Waals surface area contributed by atoms with Crippen LogP contribution >= 0.6 is 0 Å². The Morgan fingerprint density at radius 2 is 2.08 bits per heavy atom. The Kier molecular flexibility index (Phi) is 6.79. The molecule has 0 spiro atoms. The molecule has 2 rings (SSSR count). The number of hydrogen-bond acceptors (Lipinski definition) is 4. The van der Waals surface area contributed by atoms with Crippen LogP contribution in [0.5, 0.6) is 0 Å². The summed E-state index contributed by atoms with van der Waals surface area (Å²) in [6.07, 6.45) is 10.1. The number of esters is 1. The summed E-state index contributed by atoms with van der Waals surface area (Å²) in [5, 5.41) is 9.32. The van der Waals surface area contributed by atoms with Gasteiger partial charge in [-0.15, -0.1) is 6.58 Å². The zero-order valence-corrected chi connectivity index (χ0v) is 15.8. The van der Waals surface area contributed by atoms with Crippen LogP contribution in [0.15, 0.2) is 24.8 Å². The van der Waals surface area contributed by atoms with Gasteiger partial charge < -0.3 is 9.84 Å². The molecule has 1 N–H and O–H groups in total. The van der Waals surface area contributed by atoms with Gasteiger partial charge in [0.1, 0.15) is 5.78 Å². The van der Waals surface area contributed by atoms with E-state index >= 15 is 0 Å². The Labute approximate surface area is 155 Å². The van der Waals surface area contributed by atoms with E-state index in [2.05, 4.69) is 11.3 Å². The van der Waals surface area contributed by atoms with Gasteiger partial charge in [-0.1, -0.05) is 12.2 Å². The van der Waals surface area contributed by atoms with Gasteiger partial charge in [-0.05, 0) is 63.2 Å². The minimum Gasteiger partial charge on any atom is -0.481 e. The van der Waals surface area contributed by atoms with Crippen LogP contribution in [0.4, 0.5) is 0 Å². The second-order valence-electron chi connectivity index (χ2n) is 7.85. The highest BCUT2D eigenvalue weighted by Gasteiger charge is 2.49. The fraction of sp³-hybridized carbons (Fsp3) is 0.667. The lowest BCUT2D eigenvalue weighted by Crippen LogP contribution is -2.45. The number of ketones is 1. The number of aliphatic carboxylic acids is 1. The summed E-state index contributed by atoms with van der Waals surface area (Å²) in [7, 11) is 1.32. The fourth-order valence-corrected chi connectivity index (χ4v) is 4.95. The molecular formula is C21H30O5. The molecule has 0 saturated heterocycles. The monoisotopic (exact) mass is 362 g/mol. The number of ether oxygens (including phenoxy) is 1. The zero-order valence-electron chi connectivity index (χ0n) is 15.8. The van der Waals surface area contributed by atoms with E-state index in [1.165, 1.54) is 13.2 Å². The predicted molar refractivity (Wildman–Crippen MR) is 98.4 cm³/mol. The van der Waals surface area contributed by atoms with E-state index in [-0.39, 0.29) is 17.6 Å². The predicted octanol–water partition coefficient (Wildman–Crippen LogP) is 3.78. The molecule has 0 aliphatic heterocycles. The van der Waals surface area contributed by atoms with Crippen molar-refractivity contribution in [3.63, 3.8) is 0 Å². The summed E-state index contributed by atoms with van der Waals surface area (Å²) in [6, 6.07) is 0. The Morgan fingerprint density at radius 1 is 1.35 bits per heavy atom. The quantitative estimate of drug-likeness (QED) is 0.423. The van der Waals surface area contributed by atoms with Crippen LogP contribution in [0.3, 0.4) is 0 Å². The molecule has 2 aliphatic rings. The molecule has 5 nitrogen and oxygen atoms in total. The van der Waals surface area contributed by atoms with Gasteiger partial charge in [0.2, 0.25) is 0 Å². The molecular weight excluding hydrogens is 332 g/mol. The Hall–Kier alpha value is -1.91. The number of allylic oxidation sites excluding steroid dienone is 2. The number of carboxylic acid groups (broad SMARTS) is 1. The van der Waals surface area contributed by atoms with E-state index in [0.717, 1.165) is 25.7 Å². The van der Waals surface area contributed by atoms with Gasteiger partial charge in [0.15, 0.2) is 0 Å². The summed E-state index contributed by atoms with van der Waals surface area (Å²) in [5.41, 5.74) is -0.721. The van der Waals surface area contributed by atoms with Crippen molar-refractivity contribution in [3.8, 4) is 0 Å². The molecule has 5 heteroatoms. The summed E-state index contributed by atoms with van der Waals surface area (Å²) in [6.45, 7) is 5.72. The molecule has 0 bridgehead atoms. The Balaban J connectivity index is 2.28. The van der Waals surface area contributed by atoms with Crippen LogP contribution in [-0.4, -0.2) is 29.9 Å². The van der Waals surface area contributed by atoms with Crippen molar-refractivity contribution < 1.29 is 24.2 Å². The van der Waals surface area contributed by atoms with Gasteiger partial charge >= 0.3 is 11.9 Å². The Morgan fingerprint density at radius 3 is 2.65 bits per heavy atom. The second-order valence-corrected chi connectivity index (χ2v) is 7.85. The molecule has 0 heterocycles. The summed E-state index contributed by atoms with van der Waals surface area (Å²) in [5.74, 6) is -0.592. The first-order valence-corrected chi connectivity index (χ1v) is 9.47. The van der Waals surface area contributed by atoms with Crippen LogP contribution < -0.4 is 0 Å². The van der Waals surface area contributed by atoms with E-state index < -0.39 is 17.4 Å². The molecule has 0 amide bonds. The third kappa shape index (κ3) is 4.25. The molecule has 26 heavy (non-hydrogen) atoms. The molecule has 0 aromatic carbocycles. The number of carboxylic acids is 1. The number of hydrogen-bond donors (Lipinski definition) is 1. The van der Waals surface area contributed by atoms with Crippen LogP contribution in [0.25, 0.3) is 0 Å². The number of Topliss-reactive ketones (excluding diaryl/α,β-unsaturated/α-hetero) is 1. The zero-order chi connectivity index (χ0) is 19.3. The van der Waals surface area contributed by atoms with E-state index in [4.69, 9.17) is 0 Å². The molecule has 0 aromatic heterocycles. The Bertz CT molecular complexity index is 593. The van der Waals surface area contributed by atoms with E-state index in [1.807, 2.05) is 13.0 Å². The molecule has 2 saturated carbocycles. The molecule has 3 unspecified atom stereocenters. The first-order valence-electron chi connectivity index (χ1n) is 9.47. The van der Waals surface area contributed by atoms with Gasteiger partial charge in [-0.3, -0.25) is 9.59 Å². The van der Waals surface area contributed by atoms with E-state index in [0.29, 0.717) is 31.1 Å². The van der Waals surface area contributed by atoms with Crippen LogP contribution in [-0.2, 0) is 19.1 Å². The average molecular weight is 362 g/mol. The van der Waals surface area contributed by atoms with Crippen molar-refractivity contribution in [3.05, 3.63) is 24.8 Å². The maximum Gasteiger partial charge on any atom is 0.330 e. The number of rotatable bonds is 7. The van der Waals surface area contributed by atoms with Crippen molar-refractivity contribution in [2.24, 2.45) is 29.1 Å². The van der Waals surface area contributed by atoms with Crippen molar-refractivity contribution in [1.29, 1.82) is 0 Å². The maximum atomic E-state index is 12.8. The summed E-state index contributed by atoms with van der Waals surface area (Å²) >= 11 is 0. The third-order valence-corrected chi connectivity index (χ3v) is 6.47. The molecule has 144 valence electrons. The molecule has 0 aromatic rings. The topological polar surface area (TPSA) is 80.7 Å². The molecule has 2 aliphatic carbocycles. The van der Waals surface area contributed by atoms with Crippen molar-refractivity contribution >= 4 is 17.7 Å². The SMILES string of the molecule is C=CCCC1C(C2CC[C@H](C(=O)O)C2)CCC(=O)[C@]1(C)/C=C/C(=O)OC. The van der Waals surface area contributed by atoms with Crippen LogP contribution in [0.1, 0.15) is 51.9 Å². The number of methoxy groups -OCH3 is 1. The second kappa shape index (κ2) is 8.65. The lowest BCUT2D eigenvalue weighted by Gasteiger charge is -2.46. The van der Waals surface area contributed by atoms with Gasteiger partial charge in [0, 0.05) is 17.9 Å². The third-order valence-electron chi connectivity index (χ3n) is 6.47. The van der Waals surface area contributed by atoms with Gasteiger partial charge in [0.05, 0.1) is 13.0 Å². The minimum absolute atomic E-state index is 0.0835. The van der Waals surface area contributed by atoms with Crippen molar-refractivity contribution in [1.82, 2.24) is 0 Å². The first-order chi connectivity index (χ1) is 12.3. The van der Waals surface area contributed by atoms with Gasteiger partial charge in [-0.25, -0.2) is 4.79 Å². The number of carbonyl (C=O) groups excluding carboxylic acids is 2. The lowest BCUT2D eigenvalue weighted by molar-refractivity contribution is -0.142. The summed E-state index contributed by atoms with van der Waals surface area (Å²) < 4.78 is 4.69. The van der Waals surface area contributed by atoms with Crippen molar-refractivity contribution in [2.45, 2.75) is 51.9 Å². The smallest absolute Gasteiger partial charge is 0.330 e. The normalized spacial score (nSPS) is 34.8. The van der Waals surface area contributed by atoms with Crippen LogP contribution in [0.2, 0.25) is 0 Å². The minimum atomic E-state index is -0.721. The highest BCUT2D eigenvalue weighted by Crippen LogP contribution is 2.52. The largest absolute Gasteiger partial charge is 0.481 e. The first kappa shape index (κ1) is 20.4. The van der Waals surface area contributed by atoms with Crippen LogP contribution in [0, 0.1) is 29.1 Å². The maximum absolute atomic E-state index is 12.8.